The highest BCUT2D eigenvalue weighted by Crippen LogP contribution is 2.27. The first-order valence-electron chi connectivity index (χ1n) is 6.91. The fourth-order valence-corrected chi connectivity index (χ4v) is 2.07. The first kappa shape index (κ1) is 14.7. The molecule has 1 aliphatic carbocycles. The van der Waals surface area contributed by atoms with Crippen LogP contribution in [-0.4, -0.2) is 44.2 Å². The van der Waals surface area contributed by atoms with Crippen LogP contribution in [0.2, 0.25) is 0 Å². The van der Waals surface area contributed by atoms with Gasteiger partial charge < -0.3 is 20.1 Å². The molecule has 1 aromatic carbocycles. The van der Waals surface area contributed by atoms with Gasteiger partial charge in [-0.05, 0) is 37.4 Å². The van der Waals surface area contributed by atoms with Crippen molar-refractivity contribution in [2.45, 2.75) is 25.3 Å². The quantitative estimate of drug-likeness (QED) is 0.814. The zero-order valence-electron chi connectivity index (χ0n) is 12.1. The molecule has 0 radical (unpaired) electrons. The number of hydrogen-bond donors (Lipinski definition) is 1. The van der Waals surface area contributed by atoms with Gasteiger partial charge in [0.1, 0.15) is 11.5 Å². The fraction of sp³-hybridized carbons (Fsp3) is 0.533. The third-order valence-electron chi connectivity index (χ3n) is 3.53. The van der Waals surface area contributed by atoms with Crippen molar-refractivity contribution in [1.82, 2.24) is 4.90 Å². The predicted octanol–water partition coefficient (Wildman–Crippen LogP) is 1.20. The van der Waals surface area contributed by atoms with Crippen molar-refractivity contribution in [3.63, 3.8) is 0 Å². The Kier molecular flexibility index (Phi) is 4.84. The topological polar surface area (TPSA) is 64.8 Å². The summed E-state index contributed by atoms with van der Waals surface area (Å²) in [6.45, 7) is 0.594. The van der Waals surface area contributed by atoms with Gasteiger partial charge >= 0.3 is 0 Å². The number of methoxy groups -OCH3 is 1. The van der Waals surface area contributed by atoms with Gasteiger partial charge in [-0.2, -0.15) is 0 Å². The summed E-state index contributed by atoms with van der Waals surface area (Å²) in [6, 6.07) is 6.00. The Morgan fingerprint density at radius 3 is 2.80 bits per heavy atom. The summed E-state index contributed by atoms with van der Waals surface area (Å²) < 4.78 is 10.9. The second-order valence-corrected chi connectivity index (χ2v) is 5.04. The molecule has 0 atom stereocenters. The summed E-state index contributed by atoms with van der Waals surface area (Å²) in [5.41, 5.74) is 6.59. The summed E-state index contributed by atoms with van der Waals surface area (Å²) in [6.07, 6.45) is 2.91. The standard InChI is InChI=1S/C15H22N2O3/c1-17(12-4-5-12)15(18)10-20-14-9-13(19-2)6-3-11(14)7-8-16/h3,6,9,12H,4-5,7-8,10,16H2,1-2H3. The Bertz CT molecular complexity index is 472. The number of amides is 1. The van der Waals surface area contributed by atoms with E-state index in [0.717, 1.165) is 18.4 Å². The molecule has 5 nitrogen and oxygen atoms in total. The molecule has 0 aromatic heterocycles. The Hall–Kier alpha value is -1.75. The van der Waals surface area contributed by atoms with Crippen LogP contribution in [0.4, 0.5) is 0 Å². The first-order chi connectivity index (χ1) is 9.65. The molecule has 0 unspecified atom stereocenters. The molecule has 1 aromatic rings. The van der Waals surface area contributed by atoms with Crippen LogP contribution in [-0.2, 0) is 11.2 Å². The molecule has 1 aliphatic rings. The minimum Gasteiger partial charge on any atom is -0.497 e. The average Bonchev–Trinajstić information content (AvgIpc) is 3.30. The zero-order chi connectivity index (χ0) is 14.5. The molecule has 2 N–H and O–H groups in total. The third-order valence-corrected chi connectivity index (χ3v) is 3.53. The molecule has 2 rings (SSSR count). The van der Waals surface area contributed by atoms with E-state index >= 15 is 0 Å². The van der Waals surface area contributed by atoms with Crippen molar-refractivity contribution in [2.75, 3.05) is 27.3 Å². The van der Waals surface area contributed by atoms with Crippen molar-refractivity contribution in [3.8, 4) is 11.5 Å². The Labute approximate surface area is 119 Å². The highest BCUT2D eigenvalue weighted by molar-refractivity contribution is 5.78. The minimum atomic E-state index is 0.00835. The van der Waals surface area contributed by atoms with Crippen LogP contribution in [0, 0.1) is 0 Å². The molecule has 0 heterocycles. The average molecular weight is 278 g/mol. The molecule has 110 valence electrons. The van der Waals surface area contributed by atoms with Crippen molar-refractivity contribution in [1.29, 1.82) is 0 Å². The second-order valence-electron chi connectivity index (χ2n) is 5.04. The van der Waals surface area contributed by atoms with Gasteiger partial charge in [0.15, 0.2) is 6.61 Å². The maximum atomic E-state index is 12.0. The minimum absolute atomic E-state index is 0.00835. The van der Waals surface area contributed by atoms with E-state index in [1.54, 1.807) is 18.1 Å². The van der Waals surface area contributed by atoms with E-state index in [1.165, 1.54) is 0 Å². The van der Waals surface area contributed by atoms with Crippen LogP contribution in [0.3, 0.4) is 0 Å². The Balaban J connectivity index is 2.00. The third kappa shape index (κ3) is 3.63. The molecule has 0 bridgehead atoms. The van der Waals surface area contributed by atoms with E-state index in [-0.39, 0.29) is 12.5 Å². The first-order valence-corrected chi connectivity index (χ1v) is 6.91. The number of carbonyl (C=O) groups is 1. The smallest absolute Gasteiger partial charge is 0.260 e. The maximum Gasteiger partial charge on any atom is 0.260 e. The van der Waals surface area contributed by atoms with E-state index < -0.39 is 0 Å². The number of carbonyl (C=O) groups excluding carboxylic acids is 1. The molecule has 1 amide bonds. The number of hydrogen-bond acceptors (Lipinski definition) is 4. The van der Waals surface area contributed by atoms with Gasteiger partial charge in [0.05, 0.1) is 7.11 Å². The molecule has 0 saturated heterocycles. The van der Waals surface area contributed by atoms with Gasteiger partial charge in [-0.25, -0.2) is 0 Å². The molecule has 20 heavy (non-hydrogen) atoms. The zero-order valence-corrected chi connectivity index (χ0v) is 12.1. The number of benzene rings is 1. The maximum absolute atomic E-state index is 12.0. The lowest BCUT2D eigenvalue weighted by Gasteiger charge is -2.18. The predicted molar refractivity (Wildman–Crippen MR) is 77.0 cm³/mol. The monoisotopic (exact) mass is 278 g/mol. The summed E-state index contributed by atoms with van der Waals surface area (Å²) in [5.74, 6) is 1.39. The van der Waals surface area contributed by atoms with E-state index in [9.17, 15) is 4.79 Å². The summed E-state index contributed by atoms with van der Waals surface area (Å²) >= 11 is 0. The van der Waals surface area contributed by atoms with Gasteiger partial charge in [0.25, 0.3) is 5.91 Å². The highest BCUT2D eigenvalue weighted by Gasteiger charge is 2.29. The molecule has 1 saturated carbocycles. The van der Waals surface area contributed by atoms with E-state index in [0.29, 0.717) is 30.5 Å². The fourth-order valence-electron chi connectivity index (χ4n) is 2.07. The van der Waals surface area contributed by atoms with E-state index in [4.69, 9.17) is 15.2 Å². The lowest BCUT2D eigenvalue weighted by atomic mass is 10.1. The van der Waals surface area contributed by atoms with Crippen molar-refractivity contribution < 1.29 is 14.3 Å². The van der Waals surface area contributed by atoms with Crippen LogP contribution in [0.25, 0.3) is 0 Å². The van der Waals surface area contributed by atoms with Gasteiger partial charge in [-0.1, -0.05) is 6.07 Å². The van der Waals surface area contributed by atoms with Gasteiger partial charge in [-0.15, -0.1) is 0 Å². The number of likely N-dealkylation sites (N-methyl/N-ethyl adjacent to an activating group) is 1. The highest BCUT2D eigenvalue weighted by atomic mass is 16.5. The normalized spacial score (nSPS) is 13.9. The van der Waals surface area contributed by atoms with Gasteiger partial charge in [0, 0.05) is 19.2 Å². The van der Waals surface area contributed by atoms with Crippen molar-refractivity contribution in [2.24, 2.45) is 5.73 Å². The second kappa shape index (κ2) is 6.61. The molecule has 0 aliphatic heterocycles. The molecular formula is C15H22N2O3. The van der Waals surface area contributed by atoms with Crippen LogP contribution >= 0.6 is 0 Å². The van der Waals surface area contributed by atoms with Gasteiger partial charge in [0.2, 0.25) is 0 Å². The largest absolute Gasteiger partial charge is 0.497 e. The number of rotatable bonds is 7. The van der Waals surface area contributed by atoms with Crippen molar-refractivity contribution >= 4 is 5.91 Å². The van der Waals surface area contributed by atoms with Crippen LogP contribution < -0.4 is 15.2 Å². The molecule has 1 fully saturated rings. The Morgan fingerprint density at radius 1 is 1.45 bits per heavy atom. The number of nitrogens with zero attached hydrogens (tertiary/aromatic N) is 1. The number of nitrogens with two attached hydrogens (primary N) is 1. The summed E-state index contributed by atoms with van der Waals surface area (Å²) in [5, 5.41) is 0. The van der Waals surface area contributed by atoms with Crippen LogP contribution in [0.5, 0.6) is 11.5 Å². The lowest BCUT2D eigenvalue weighted by molar-refractivity contribution is -0.132. The van der Waals surface area contributed by atoms with Crippen LogP contribution in [0.15, 0.2) is 18.2 Å². The van der Waals surface area contributed by atoms with Crippen molar-refractivity contribution in [3.05, 3.63) is 23.8 Å². The van der Waals surface area contributed by atoms with E-state index in [2.05, 4.69) is 0 Å². The summed E-state index contributed by atoms with van der Waals surface area (Å²) in [4.78, 5) is 13.7. The number of ether oxygens (including phenoxy) is 2. The molecule has 5 heteroatoms. The SMILES string of the molecule is COc1ccc(CCN)c(OCC(=O)N(C)C2CC2)c1. The lowest BCUT2D eigenvalue weighted by Crippen LogP contribution is -2.33. The van der Waals surface area contributed by atoms with Crippen LogP contribution in [0.1, 0.15) is 18.4 Å². The van der Waals surface area contributed by atoms with E-state index in [1.807, 2.05) is 19.2 Å². The Morgan fingerprint density at radius 2 is 2.20 bits per heavy atom. The molecule has 0 spiro atoms. The molecular weight excluding hydrogens is 256 g/mol. The van der Waals surface area contributed by atoms with Gasteiger partial charge in [-0.3, -0.25) is 4.79 Å². The summed E-state index contributed by atoms with van der Waals surface area (Å²) in [7, 11) is 3.43.